The van der Waals surface area contributed by atoms with Gasteiger partial charge in [-0.1, -0.05) is 84.9 Å². The Hall–Kier alpha value is -7.12. The minimum atomic E-state index is 0.528. The van der Waals surface area contributed by atoms with Gasteiger partial charge in [0.2, 0.25) is 0 Å². The monoisotopic (exact) mass is 655 g/mol. The van der Waals surface area contributed by atoms with Crippen LogP contribution in [0, 0.1) is 0 Å². The number of nitrogens with zero attached hydrogens (tertiary/aromatic N) is 5. The molecular weight excluding hydrogens is 631 g/mol. The van der Waals surface area contributed by atoms with Gasteiger partial charge in [0.1, 0.15) is 28.0 Å². The van der Waals surface area contributed by atoms with Gasteiger partial charge in [-0.15, -0.1) is 0 Å². The average molecular weight is 656 g/mol. The third-order valence-electron chi connectivity index (χ3n) is 9.72. The molecule has 0 bridgehead atoms. The minimum Gasteiger partial charge on any atom is -0.456 e. The van der Waals surface area contributed by atoms with Crippen LogP contribution in [0.4, 0.5) is 0 Å². The zero-order valence-electron chi connectivity index (χ0n) is 27.0. The maximum absolute atomic E-state index is 6.73. The average Bonchev–Trinajstić information content (AvgIpc) is 3.87. The number of hydrogen-bond acceptors (Lipinski definition) is 6. The molecule has 0 amide bonds. The number of benzene rings is 6. The summed E-state index contributed by atoms with van der Waals surface area (Å²) in [6.07, 6.45) is 1.84. The van der Waals surface area contributed by atoms with Crippen LogP contribution in [0.25, 0.3) is 106 Å². The second-order valence-corrected chi connectivity index (χ2v) is 12.7. The van der Waals surface area contributed by atoms with E-state index in [4.69, 9.17) is 28.8 Å². The predicted molar refractivity (Wildman–Crippen MR) is 203 cm³/mol. The van der Waals surface area contributed by atoms with Crippen molar-refractivity contribution >= 4 is 65.8 Å². The van der Waals surface area contributed by atoms with Gasteiger partial charge in [0.15, 0.2) is 17.5 Å². The third-order valence-corrected chi connectivity index (χ3v) is 9.72. The highest BCUT2D eigenvalue weighted by atomic mass is 16.3. The van der Waals surface area contributed by atoms with Gasteiger partial charge in [-0.3, -0.25) is 4.57 Å². The number of rotatable bonds is 4. The van der Waals surface area contributed by atoms with Crippen LogP contribution in [-0.2, 0) is 0 Å². The Bertz CT molecular complexity index is 3100. The molecule has 7 heteroatoms. The van der Waals surface area contributed by atoms with Crippen molar-refractivity contribution in [2.24, 2.45) is 0 Å². The van der Waals surface area contributed by atoms with Crippen molar-refractivity contribution in [3.63, 3.8) is 0 Å². The highest BCUT2D eigenvalue weighted by Gasteiger charge is 2.20. The van der Waals surface area contributed by atoms with E-state index in [0.29, 0.717) is 23.1 Å². The summed E-state index contributed by atoms with van der Waals surface area (Å²) in [4.78, 5) is 19.8. The van der Waals surface area contributed by atoms with Crippen molar-refractivity contribution < 1.29 is 8.83 Å². The lowest BCUT2D eigenvalue weighted by Crippen LogP contribution is -2.00. The first-order valence-corrected chi connectivity index (χ1v) is 16.8. The molecule has 6 aromatic carbocycles. The molecule has 51 heavy (non-hydrogen) atoms. The zero-order chi connectivity index (χ0) is 33.5. The molecule has 0 spiro atoms. The lowest BCUT2D eigenvalue weighted by atomic mass is 10.1. The zero-order valence-corrected chi connectivity index (χ0v) is 27.0. The quantitative estimate of drug-likeness (QED) is 0.188. The smallest absolute Gasteiger partial charge is 0.167 e. The molecule has 0 aliphatic heterocycles. The number of furan rings is 2. The Balaban J connectivity index is 1.10. The van der Waals surface area contributed by atoms with Gasteiger partial charge in [0.05, 0.1) is 16.8 Å². The summed E-state index contributed by atoms with van der Waals surface area (Å²) in [5, 5.41) is 6.40. The van der Waals surface area contributed by atoms with E-state index in [0.717, 1.165) is 82.6 Å². The molecule has 0 aliphatic rings. The van der Waals surface area contributed by atoms with Crippen LogP contribution in [-0.4, -0.2) is 24.5 Å². The van der Waals surface area contributed by atoms with Gasteiger partial charge in [-0.05, 0) is 54.6 Å². The second-order valence-electron chi connectivity index (χ2n) is 12.7. The van der Waals surface area contributed by atoms with Crippen LogP contribution >= 0.6 is 0 Å². The van der Waals surface area contributed by atoms with Crippen molar-refractivity contribution in [3.8, 4) is 39.9 Å². The maximum Gasteiger partial charge on any atom is 0.167 e. The van der Waals surface area contributed by atoms with Gasteiger partial charge in [0, 0.05) is 55.7 Å². The molecular formula is C44H25N5O2. The maximum atomic E-state index is 6.73. The standard InChI is InChI=1S/C44H25N5O2/c1-2-10-26(11-3-1)41-46-42(27-19-21-31-30-13-5-7-18-37(30)50-38(31)24-27)48-43(47-41)35-15-8-14-33-32-22-20-28(25-39(32)51-40(33)35)49-36-17-6-4-12-29(36)34-16-9-23-45-44(34)49/h1-25H. The minimum absolute atomic E-state index is 0.528. The molecule has 238 valence electrons. The summed E-state index contributed by atoms with van der Waals surface area (Å²) in [7, 11) is 0. The number of aromatic nitrogens is 5. The highest BCUT2D eigenvalue weighted by Crippen LogP contribution is 2.39. The molecule has 0 N–H and O–H groups in total. The second kappa shape index (κ2) is 10.7. The Morgan fingerprint density at radius 3 is 2.04 bits per heavy atom. The fourth-order valence-corrected chi connectivity index (χ4v) is 7.37. The fraction of sp³-hybridized carbons (Fsp3) is 0. The van der Waals surface area contributed by atoms with E-state index in [-0.39, 0.29) is 0 Å². The van der Waals surface area contributed by atoms with Crippen LogP contribution in [0.15, 0.2) is 161 Å². The summed E-state index contributed by atoms with van der Waals surface area (Å²) >= 11 is 0. The Morgan fingerprint density at radius 2 is 1.12 bits per heavy atom. The Kier molecular flexibility index (Phi) is 5.83. The van der Waals surface area contributed by atoms with Crippen LogP contribution in [0.5, 0.6) is 0 Å². The molecule has 11 rings (SSSR count). The molecule has 0 aliphatic carbocycles. The van der Waals surface area contributed by atoms with E-state index in [1.165, 1.54) is 0 Å². The van der Waals surface area contributed by atoms with Crippen LogP contribution in [0.3, 0.4) is 0 Å². The van der Waals surface area contributed by atoms with Crippen molar-refractivity contribution in [1.82, 2.24) is 24.5 Å². The fourth-order valence-electron chi connectivity index (χ4n) is 7.37. The lowest BCUT2D eigenvalue weighted by molar-refractivity contribution is 0.668. The summed E-state index contributed by atoms with van der Waals surface area (Å²) in [5.41, 5.74) is 8.61. The highest BCUT2D eigenvalue weighted by molar-refractivity contribution is 6.11. The summed E-state index contributed by atoms with van der Waals surface area (Å²) in [6, 6.07) is 49.2. The summed E-state index contributed by atoms with van der Waals surface area (Å²) < 4.78 is 15.2. The topological polar surface area (TPSA) is 82.8 Å². The number of fused-ring (bicyclic) bond motifs is 9. The van der Waals surface area contributed by atoms with E-state index in [1.54, 1.807) is 0 Å². The number of hydrogen-bond donors (Lipinski definition) is 0. The molecule has 5 aromatic heterocycles. The molecule has 7 nitrogen and oxygen atoms in total. The normalized spacial score (nSPS) is 11.9. The Labute approximate surface area is 290 Å². The van der Waals surface area contributed by atoms with Crippen molar-refractivity contribution in [2.75, 3.05) is 0 Å². The first kappa shape index (κ1) is 27.8. The lowest BCUT2D eigenvalue weighted by Gasteiger charge is -2.08. The molecule has 5 heterocycles. The van der Waals surface area contributed by atoms with Gasteiger partial charge in [-0.2, -0.15) is 0 Å². The van der Waals surface area contributed by atoms with E-state index >= 15 is 0 Å². The van der Waals surface area contributed by atoms with Crippen molar-refractivity contribution in [2.45, 2.75) is 0 Å². The first-order chi connectivity index (χ1) is 25.3. The van der Waals surface area contributed by atoms with Crippen LogP contribution in [0.2, 0.25) is 0 Å². The van der Waals surface area contributed by atoms with Crippen LogP contribution < -0.4 is 0 Å². The summed E-state index contributed by atoms with van der Waals surface area (Å²) in [6.45, 7) is 0. The van der Waals surface area contributed by atoms with E-state index < -0.39 is 0 Å². The van der Waals surface area contributed by atoms with Crippen LogP contribution in [0.1, 0.15) is 0 Å². The molecule has 0 saturated carbocycles. The molecule has 11 aromatic rings. The van der Waals surface area contributed by atoms with Crippen molar-refractivity contribution in [3.05, 3.63) is 152 Å². The van der Waals surface area contributed by atoms with E-state index in [1.807, 2.05) is 85.1 Å². The van der Waals surface area contributed by atoms with Gasteiger partial charge in [-0.25, -0.2) is 19.9 Å². The van der Waals surface area contributed by atoms with Gasteiger partial charge in [0.25, 0.3) is 0 Å². The number of para-hydroxylation sites is 3. The largest absolute Gasteiger partial charge is 0.456 e. The first-order valence-electron chi connectivity index (χ1n) is 16.8. The third kappa shape index (κ3) is 4.25. The molecule has 0 saturated heterocycles. The molecule has 0 radical (unpaired) electrons. The summed E-state index contributed by atoms with van der Waals surface area (Å²) in [5.74, 6) is 1.66. The molecule has 0 fully saturated rings. The Morgan fingerprint density at radius 1 is 0.431 bits per heavy atom. The van der Waals surface area contributed by atoms with E-state index in [2.05, 4.69) is 71.3 Å². The molecule has 0 unspecified atom stereocenters. The number of pyridine rings is 1. The predicted octanol–water partition coefficient (Wildman–Crippen LogP) is 11.2. The van der Waals surface area contributed by atoms with Crippen molar-refractivity contribution in [1.29, 1.82) is 0 Å². The van der Waals surface area contributed by atoms with E-state index in [9.17, 15) is 0 Å². The molecule has 0 atom stereocenters. The SMILES string of the molecule is c1ccc(-c2nc(-c3ccc4c(c3)oc3ccccc34)nc(-c3cccc4c3oc3cc(-n5c6ccccc6c6cccnc65)ccc34)n2)cc1. The van der Waals surface area contributed by atoms with Gasteiger partial charge < -0.3 is 8.83 Å². The van der Waals surface area contributed by atoms with Gasteiger partial charge >= 0.3 is 0 Å².